The molecule has 0 aliphatic heterocycles. The first-order chi connectivity index (χ1) is 10.2. The summed E-state index contributed by atoms with van der Waals surface area (Å²) in [5, 5.41) is 2.37. The largest absolute Gasteiger partial charge is 0.294 e. The smallest absolute Gasteiger partial charge is 0.161 e. The van der Waals surface area contributed by atoms with Crippen LogP contribution in [0.3, 0.4) is 0 Å². The molecule has 21 heavy (non-hydrogen) atoms. The molecule has 0 spiro atoms. The normalized spacial score (nSPS) is 9.95. The lowest BCUT2D eigenvalue weighted by atomic mass is 10.0. The monoisotopic (exact) mass is 270 g/mol. The molecule has 0 saturated carbocycles. The molecule has 0 aliphatic carbocycles. The zero-order valence-electron chi connectivity index (χ0n) is 11.8. The second kappa shape index (κ2) is 5.64. The fourth-order valence-electron chi connectivity index (χ4n) is 2.31. The number of carbonyl (C=O) groups is 1. The van der Waals surface area contributed by atoms with Crippen LogP contribution in [0.15, 0.2) is 66.7 Å². The molecule has 0 aromatic heterocycles. The van der Waals surface area contributed by atoms with Crippen molar-refractivity contribution in [2.24, 2.45) is 0 Å². The number of hydrogen-bond donors (Lipinski definition) is 0. The van der Waals surface area contributed by atoms with Gasteiger partial charge >= 0.3 is 0 Å². The van der Waals surface area contributed by atoms with Gasteiger partial charge in [-0.1, -0.05) is 60.4 Å². The maximum Gasteiger partial charge on any atom is 0.161 e. The van der Waals surface area contributed by atoms with Crippen LogP contribution in [0, 0.1) is 11.8 Å². The van der Waals surface area contributed by atoms with Gasteiger partial charge in [0.1, 0.15) is 0 Å². The number of ketones is 1. The highest BCUT2D eigenvalue weighted by molar-refractivity contribution is 5.96. The average Bonchev–Trinajstić information content (AvgIpc) is 2.53. The van der Waals surface area contributed by atoms with E-state index in [9.17, 15) is 4.79 Å². The summed E-state index contributed by atoms with van der Waals surface area (Å²) in [4.78, 5) is 11.6. The number of rotatable bonds is 1. The van der Waals surface area contributed by atoms with Crippen molar-refractivity contribution in [2.45, 2.75) is 6.92 Å². The Morgan fingerprint density at radius 1 is 0.810 bits per heavy atom. The highest BCUT2D eigenvalue weighted by atomic mass is 16.1. The predicted octanol–water partition coefficient (Wildman–Crippen LogP) is 4.44. The fraction of sp³-hybridized carbons (Fsp3) is 0.0500. The van der Waals surface area contributed by atoms with Crippen LogP contribution in [0.4, 0.5) is 0 Å². The third kappa shape index (κ3) is 2.85. The first kappa shape index (κ1) is 13.1. The van der Waals surface area contributed by atoms with E-state index in [4.69, 9.17) is 0 Å². The Hall–Kier alpha value is -2.85. The summed E-state index contributed by atoms with van der Waals surface area (Å²) in [7, 11) is 0. The molecule has 3 aromatic rings. The minimum absolute atomic E-state index is 0.0402. The molecular formula is C20H14O. The van der Waals surface area contributed by atoms with Gasteiger partial charge in [-0.05, 0) is 35.9 Å². The van der Waals surface area contributed by atoms with Crippen LogP contribution in [0.1, 0.15) is 28.4 Å². The van der Waals surface area contributed by atoms with Gasteiger partial charge in [-0.2, -0.15) is 0 Å². The number of carbonyl (C=O) groups excluding carboxylic acids is 1. The summed E-state index contributed by atoms with van der Waals surface area (Å²) in [5.74, 6) is 6.29. The predicted molar refractivity (Wildman–Crippen MR) is 86.4 cm³/mol. The Bertz CT molecular complexity index is 879. The molecule has 1 heteroatoms. The van der Waals surface area contributed by atoms with Crippen LogP contribution < -0.4 is 0 Å². The van der Waals surface area contributed by atoms with E-state index in [0.29, 0.717) is 5.56 Å². The number of benzene rings is 3. The van der Waals surface area contributed by atoms with E-state index in [2.05, 4.69) is 36.1 Å². The summed E-state index contributed by atoms with van der Waals surface area (Å²) in [6.07, 6.45) is 0. The Morgan fingerprint density at radius 3 is 2.33 bits per heavy atom. The molecule has 0 heterocycles. The summed E-state index contributed by atoms with van der Waals surface area (Å²) in [6.45, 7) is 1.57. The van der Waals surface area contributed by atoms with Gasteiger partial charge in [0, 0.05) is 16.7 Å². The van der Waals surface area contributed by atoms with E-state index in [-0.39, 0.29) is 5.78 Å². The van der Waals surface area contributed by atoms with Crippen LogP contribution in [-0.4, -0.2) is 5.78 Å². The van der Waals surface area contributed by atoms with Gasteiger partial charge in [0.2, 0.25) is 0 Å². The molecular weight excluding hydrogens is 256 g/mol. The van der Waals surface area contributed by atoms with Crippen molar-refractivity contribution in [3.05, 3.63) is 83.4 Å². The molecule has 3 rings (SSSR count). The molecule has 0 fully saturated rings. The van der Waals surface area contributed by atoms with Crippen LogP contribution in [0.25, 0.3) is 10.8 Å². The first-order valence-electron chi connectivity index (χ1n) is 6.85. The third-order valence-electron chi connectivity index (χ3n) is 3.40. The highest BCUT2D eigenvalue weighted by Crippen LogP contribution is 2.15. The third-order valence-corrected chi connectivity index (χ3v) is 3.40. The standard InChI is InChI=1S/C20H14O/c1-15(21)20-9-5-4-7-18(20)13-11-16-10-12-17-6-2-3-8-19(17)14-16/h2-10,12,14H,1H3. The summed E-state index contributed by atoms with van der Waals surface area (Å²) in [5.41, 5.74) is 2.40. The van der Waals surface area contributed by atoms with E-state index in [1.807, 2.05) is 42.5 Å². The molecule has 0 amide bonds. The zero-order valence-corrected chi connectivity index (χ0v) is 11.8. The van der Waals surface area contributed by atoms with Crippen LogP contribution in [0.2, 0.25) is 0 Å². The van der Waals surface area contributed by atoms with Crippen molar-refractivity contribution in [3.63, 3.8) is 0 Å². The zero-order chi connectivity index (χ0) is 14.7. The van der Waals surface area contributed by atoms with Crippen LogP contribution >= 0.6 is 0 Å². The van der Waals surface area contributed by atoms with Gasteiger partial charge in [0.25, 0.3) is 0 Å². The van der Waals surface area contributed by atoms with Gasteiger partial charge in [-0.25, -0.2) is 0 Å². The summed E-state index contributed by atoms with van der Waals surface area (Å²) < 4.78 is 0. The van der Waals surface area contributed by atoms with Crippen molar-refractivity contribution in [1.82, 2.24) is 0 Å². The first-order valence-corrected chi connectivity index (χ1v) is 6.85. The van der Waals surface area contributed by atoms with Gasteiger partial charge in [0.05, 0.1) is 0 Å². The van der Waals surface area contributed by atoms with E-state index >= 15 is 0 Å². The molecule has 0 saturated heterocycles. The molecule has 1 nitrogen and oxygen atoms in total. The highest BCUT2D eigenvalue weighted by Gasteiger charge is 2.03. The number of fused-ring (bicyclic) bond motifs is 1. The van der Waals surface area contributed by atoms with Crippen LogP contribution in [0.5, 0.6) is 0 Å². The van der Waals surface area contributed by atoms with E-state index < -0.39 is 0 Å². The fourth-order valence-corrected chi connectivity index (χ4v) is 2.31. The van der Waals surface area contributed by atoms with Crippen molar-refractivity contribution in [2.75, 3.05) is 0 Å². The van der Waals surface area contributed by atoms with E-state index in [1.165, 1.54) is 10.8 Å². The van der Waals surface area contributed by atoms with E-state index in [0.717, 1.165) is 11.1 Å². The Morgan fingerprint density at radius 2 is 1.52 bits per heavy atom. The van der Waals surface area contributed by atoms with Gasteiger partial charge in [-0.3, -0.25) is 4.79 Å². The van der Waals surface area contributed by atoms with Gasteiger partial charge in [-0.15, -0.1) is 0 Å². The minimum atomic E-state index is 0.0402. The van der Waals surface area contributed by atoms with Gasteiger partial charge in [0.15, 0.2) is 5.78 Å². The minimum Gasteiger partial charge on any atom is -0.294 e. The Balaban J connectivity index is 2.02. The Labute approximate surface area is 124 Å². The summed E-state index contributed by atoms with van der Waals surface area (Å²) >= 11 is 0. The Kier molecular flexibility index (Phi) is 3.53. The molecule has 0 unspecified atom stereocenters. The maximum atomic E-state index is 11.6. The SMILES string of the molecule is CC(=O)c1ccccc1C#Cc1ccc2ccccc2c1. The second-order valence-electron chi connectivity index (χ2n) is 4.91. The molecule has 0 atom stereocenters. The van der Waals surface area contributed by atoms with E-state index in [1.54, 1.807) is 6.92 Å². The average molecular weight is 270 g/mol. The molecule has 3 aromatic carbocycles. The lowest BCUT2D eigenvalue weighted by Gasteiger charge is -1.99. The lowest BCUT2D eigenvalue weighted by Crippen LogP contribution is -1.95. The lowest BCUT2D eigenvalue weighted by molar-refractivity contribution is 0.101. The number of hydrogen-bond acceptors (Lipinski definition) is 1. The molecule has 0 N–H and O–H groups in total. The summed E-state index contributed by atoms with van der Waals surface area (Å²) in [6, 6.07) is 21.8. The molecule has 0 bridgehead atoms. The van der Waals surface area contributed by atoms with Gasteiger partial charge < -0.3 is 0 Å². The van der Waals surface area contributed by atoms with Crippen LogP contribution in [-0.2, 0) is 0 Å². The van der Waals surface area contributed by atoms with Crippen molar-refractivity contribution >= 4 is 16.6 Å². The number of Topliss-reactive ketones (excluding diaryl/α,β-unsaturated/α-hetero) is 1. The van der Waals surface area contributed by atoms with Crippen molar-refractivity contribution in [3.8, 4) is 11.8 Å². The molecule has 0 aliphatic rings. The maximum absolute atomic E-state index is 11.6. The molecule has 100 valence electrons. The van der Waals surface area contributed by atoms with Crippen molar-refractivity contribution < 1.29 is 4.79 Å². The topological polar surface area (TPSA) is 17.1 Å². The molecule has 0 radical (unpaired) electrons. The quantitative estimate of drug-likeness (QED) is 0.472. The second-order valence-corrected chi connectivity index (χ2v) is 4.91. The van der Waals surface area contributed by atoms with Crippen molar-refractivity contribution in [1.29, 1.82) is 0 Å².